The fourth-order valence-electron chi connectivity index (χ4n) is 3.38. The highest BCUT2D eigenvalue weighted by molar-refractivity contribution is 8.77. The number of ether oxygens (including phenoxy) is 2. The van der Waals surface area contributed by atoms with Gasteiger partial charge in [-0.1, -0.05) is 38.6 Å². The molecule has 1 aliphatic rings. The number of aliphatic imine (C=N–C) groups is 1. The molecule has 1 aromatic heterocycles. The molecule has 11 nitrogen and oxygen atoms in total. The Kier molecular flexibility index (Phi) is 13.8. The van der Waals surface area contributed by atoms with Gasteiger partial charge in [0.05, 0.1) is 24.2 Å². The zero-order valence-corrected chi connectivity index (χ0v) is 25.9. The first-order valence-electron chi connectivity index (χ1n) is 12.9. The molecule has 16 heteroatoms. The zero-order valence-electron chi connectivity index (χ0n) is 24.3. The second-order valence-corrected chi connectivity index (χ2v) is 13.2. The van der Waals surface area contributed by atoms with Crippen LogP contribution in [0.1, 0.15) is 58.7 Å². The highest BCUT2D eigenvalue weighted by atomic mass is 33.1. The van der Waals surface area contributed by atoms with Crippen LogP contribution in [0.15, 0.2) is 21.1 Å². The SMILES string of the molecule is CC(C)=NO[C@@H]1C[C@H](n2cc(C#CCOCSSC(C)(C)CCC(=O)C(F)(F)F)c(N=CN(C)C)nc2=O)O[C@@H]1CO. The van der Waals surface area contributed by atoms with Crippen LogP contribution in [0.4, 0.5) is 19.0 Å². The van der Waals surface area contributed by atoms with Crippen molar-refractivity contribution in [2.75, 3.05) is 33.2 Å². The van der Waals surface area contributed by atoms with Gasteiger partial charge in [0.1, 0.15) is 24.9 Å². The molecule has 0 unspecified atom stereocenters. The molecule has 0 aromatic carbocycles. The molecule has 1 saturated heterocycles. The Balaban J connectivity index is 2.06. The number of hydrogen-bond acceptors (Lipinski definition) is 11. The number of alkyl halides is 3. The van der Waals surface area contributed by atoms with Gasteiger partial charge in [0, 0.05) is 37.9 Å². The van der Waals surface area contributed by atoms with Crippen molar-refractivity contribution >= 4 is 45.2 Å². The highest BCUT2D eigenvalue weighted by Gasteiger charge is 2.39. The quantitative estimate of drug-likeness (QED) is 0.0611. The van der Waals surface area contributed by atoms with Crippen LogP contribution in [0, 0.1) is 11.8 Å². The molecule has 2 heterocycles. The maximum absolute atomic E-state index is 12.9. The van der Waals surface area contributed by atoms with Crippen LogP contribution < -0.4 is 5.69 Å². The number of aromatic nitrogens is 2. The van der Waals surface area contributed by atoms with E-state index in [1.165, 1.54) is 38.7 Å². The summed E-state index contributed by atoms with van der Waals surface area (Å²) in [6, 6.07) is 0. The highest BCUT2D eigenvalue weighted by Crippen LogP contribution is 2.39. The molecule has 1 N–H and O–H groups in total. The van der Waals surface area contributed by atoms with E-state index in [1.807, 2.05) is 0 Å². The molecule has 0 saturated carbocycles. The summed E-state index contributed by atoms with van der Waals surface area (Å²) < 4.78 is 49.4. The van der Waals surface area contributed by atoms with Crippen LogP contribution >= 0.6 is 21.6 Å². The Hall–Kier alpha value is -2.58. The molecule has 0 aliphatic carbocycles. The second-order valence-electron chi connectivity index (χ2n) is 10.3. The third-order valence-electron chi connectivity index (χ3n) is 5.47. The summed E-state index contributed by atoms with van der Waals surface area (Å²) in [4.78, 5) is 39.4. The molecule has 0 bridgehead atoms. The van der Waals surface area contributed by atoms with E-state index in [-0.39, 0.29) is 37.8 Å². The van der Waals surface area contributed by atoms with Crippen molar-refractivity contribution in [2.24, 2.45) is 10.1 Å². The number of aliphatic hydroxyl groups is 1. The van der Waals surface area contributed by atoms with E-state index >= 15 is 0 Å². The largest absolute Gasteiger partial charge is 0.449 e. The molecule has 1 aromatic rings. The van der Waals surface area contributed by atoms with Crippen LogP contribution in [0.25, 0.3) is 0 Å². The van der Waals surface area contributed by atoms with E-state index in [9.17, 15) is 27.9 Å². The van der Waals surface area contributed by atoms with Crippen molar-refractivity contribution in [1.29, 1.82) is 0 Å². The van der Waals surface area contributed by atoms with Crippen molar-refractivity contribution in [3.8, 4) is 11.8 Å². The molecular formula is C26H36F3N5O6S2. The summed E-state index contributed by atoms with van der Waals surface area (Å²) in [7, 11) is 6.15. The number of oxime groups is 1. The Labute approximate surface area is 250 Å². The first-order chi connectivity index (χ1) is 19.6. The van der Waals surface area contributed by atoms with E-state index in [2.05, 4.69) is 27.0 Å². The summed E-state index contributed by atoms with van der Waals surface area (Å²) in [5.41, 5.74) is 0.410. The molecule has 0 amide bonds. The zero-order chi connectivity index (χ0) is 31.5. The standard InChI is InChI=1S/C26H36F3N5O6S2/c1-17(2)32-40-19-12-22(39-20(19)14-35)34-13-18(23(31-24(34)37)30-15-33(5)6)8-7-11-38-16-41-42-25(3,4)10-9-21(36)26(27,28)29/h13,15,19-20,22,35H,9-12,14,16H2,1-6H3/t19-,20-,22-/m1/s1. The topological polar surface area (TPSA) is 128 Å². The smallest absolute Gasteiger partial charge is 0.394 e. The van der Waals surface area contributed by atoms with Crippen molar-refractivity contribution < 1.29 is 37.4 Å². The Morgan fingerprint density at radius 3 is 2.69 bits per heavy atom. The Morgan fingerprint density at radius 2 is 2.07 bits per heavy atom. The monoisotopic (exact) mass is 635 g/mol. The van der Waals surface area contributed by atoms with Gasteiger partial charge in [0.25, 0.3) is 0 Å². The van der Waals surface area contributed by atoms with Gasteiger partial charge < -0.3 is 24.3 Å². The number of carbonyl (C=O) groups excluding carboxylic acids is 1. The lowest BCUT2D eigenvalue weighted by Crippen LogP contribution is -2.28. The van der Waals surface area contributed by atoms with Gasteiger partial charge in [-0.25, -0.2) is 9.79 Å². The van der Waals surface area contributed by atoms with E-state index in [0.29, 0.717) is 11.3 Å². The van der Waals surface area contributed by atoms with Gasteiger partial charge in [-0.2, -0.15) is 18.2 Å². The van der Waals surface area contributed by atoms with Crippen LogP contribution in [-0.2, 0) is 19.1 Å². The molecule has 0 radical (unpaired) electrons. The molecule has 3 atom stereocenters. The number of halogens is 3. The van der Waals surface area contributed by atoms with Crippen LogP contribution in [-0.4, -0.2) is 93.8 Å². The average molecular weight is 636 g/mol. The lowest BCUT2D eigenvalue weighted by molar-refractivity contribution is -0.171. The normalized spacial score (nSPS) is 19.0. The van der Waals surface area contributed by atoms with E-state index in [1.54, 1.807) is 46.7 Å². The fourth-order valence-corrected chi connectivity index (χ4v) is 5.64. The number of nitrogens with zero attached hydrogens (tertiary/aromatic N) is 5. The van der Waals surface area contributed by atoms with Crippen molar-refractivity contribution in [2.45, 2.75) is 76.3 Å². The molecule has 1 aliphatic heterocycles. The predicted molar refractivity (Wildman–Crippen MR) is 157 cm³/mol. The number of ketones is 1. The van der Waals surface area contributed by atoms with Gasteiger partial charge >= 0.3 is 11.9 Å². The van der Waals surface area contributed by atoms with Crippen molar-refractivity contribution in [3.05, 3.63) is 22.2 Å². The summed E-state index contributed by atoms with van der Waals surface area (Å²) >= 11 is 0. The minimum Gasteiger partial charge on any atom is -0.394 e. The lowest BCUT2D eigenvalue weighted by Gasteiger charge is -2.22. The van der Waals surface area contributed by atoms with Gasteiger partial charge in [0.15, 0.2) is 11.9 Å². The van der Waals surface area contributed by atoms with Crippen LogP contribution in [0.2, 0.25) is 0 Å². The molecule has 0 spiro atoms. The van der Waals surface area contributed by atoms with Gasteiger partial charge in [-0.15, -0.1) is 0 Å². The number of rotatable bonds is 14. The van der Waals surface area contributed by atoms with Crippen molar-refractivity contribution in [1.82, 2.24) is 14.5 Å². The van der Waals surface area contributed by atoms with Crippen LogP contribution in [0.3, 0.4) is 0 Å². The Morgan fingerprint density at radius 1 is 1.36 bits per heavy atom. The maximum Gasteiger partial charge on any atom is 0.449 e. The van der Waals surface area contributed by atoms with E-state index in [0.717, 1.165) is 0 Å². The molecule has 1 fully saturated rings. The van der Waals surface area contributed by atoms with E-state index < -0.39 is 47.3 Å². The summed E-state index contributed by atoms with van der Waals surface area (Å²) in [6.07, 6.45) is -4.14. The molecule has 42 heavy (non-hydrogen) atoms. The number of hydrogen-bond donors (Lipinski definition) is 1. The van der Waals surface area contributed by atoms with Gasteiger partial charge in [0.2, 0.25) is 5.78 Å². The molecular weight excluding hydrogens is 599 g/mol. The van der Waals surface area contributed by atoms with Crippen LogP contribution in [0.5, 0.6) is 0 Å². The predicted octanol–water partition coefficient (Wildman–Crippen LogP) is 3.92. The van der Waals surface area contributed by atoms with Crippen molar-refractivity contribution in [3.63, 3.8) is 0 Å². The minimum absolute atomic E-state index is 0.0211. The molecule has 2 rings (SSSR count). The maximum atomic E-state index is 12.9. The second kappa shape index (κ2) is 16.3. The fraction of sp³-hybridized carbons (Fsp3) is 0.654. The third-order valence-corrected chi connectivity index (χ3v) is 8.50. The molecule has 234 valence electrons. The number of aliphatic hydroxyl groups excluding tert-OH is 1. The third kappa shape index (κ3) is 12.0. The number of carbonyl (C=O) groups is 1. The first-order valence-corrected chi connectivity index (χ1v) is 15.2. The average Bonchev–Trinajstić information content (AvgIpc) is 3.31. The number of Topliss-reactive ketones (excluding diaryl/α,β-unsaturated/α-hetero) is 1. The minimum atomic E-state index is -4.82. The van der Waals surface area contributed by atoms with E-state index in [4.69, 9.17) is 14.3 Å². The van der Waals surface area contributed by atoms with Gasteiger partial charge in [-0.3, -0.25) is 9.36 Å². The summed E-state index contributed by atoms with van der Waals surface area (Å²) in [6.45, 7) is 6.75. The summed E-state index contributed by atoms with van der Waals surface area (Å²) in [5.74, 6) is 4.34. The lowest BCUT2D eigenvalue weighted by atomic mass is 10.0. The Bertz CT molecular complexity index is 1240. The first kappa shape index (κ1) is 35.6. The van der Waals surface area contributed by atoms with Gasteiger partial charge in [-0.05, 0) is 34.1 Å². The summed E-state index contributed by atoms with van der Waals surface area (Å²) in [5, 5.41) is 13.7.